The number of fused-ring (bicyclic) bond motifs is 1. The summed E-state index contributed by atoms with van der Waals surface area (Å²) in [6.07, 6.45) is 1.86. The summed E-state index contributed by atoms with van der Waals surface area (Å²) in [6.45, 7) is 6.36. The Balaban J connectivity index is 2.64. The summed E-state index contributed by atoms with van der Waals surface area (Å²) < 4.78 is 13.0. The number of benzene rings is 1. The molecule has 1 aromatic carbocycles. The van der Waals surface area contributed by atoms with Gasteiger partial charge < -0.3 is 0 Å². The van der Waals surface area contributed by atoms with E-state index in [4.69, 9.17) is 0 Å². The average Bonchev–Trinajstić information content (AvgIpc) is 2.15. The van der Waals surface area contributed by atoms with E-state index in [1.807, 2.05) is 12.3 Å². The molecule has 2 aromatic rings. The molecule has 0 unspecified atom stereocenters. The van der Waals surface area contributed by atoms with Crippen LogP contribution >= 0.6 is 0 Å². The zero-order chi connectivity index (χ0) is 11.1. The van der Waals surface area contributed by atoms with Crippen LogP contribution in [0, 0.1) is 5.82 Å². The zero-order valence-electron chi connectivity index (χ0n) is 9.21. The predicted octanol–water partition coefficient (Wildman–Crippen LogP) is 3.67. The molecule has 1 aromatic heterocycles. The van der Waals surface area contributed by atoms with Gasteiger partial charge in [-0.2, -0.15) is 0 Å². The Hall–Kier alpha value is -1.44. The van der Waals surface area contributed by atoms with E-state index in [2.05, 4.69) is 25.8 Å². The van der Waals surface area contributed by atoms with Gasteiger partial charge in [-0.05, 0) is 35.2 Å². The van der Waals surface area contributed by atoms with E-state index in [0.717, 1.165) is 16.5 Å². The van der Waals surface area contributed by atoms with Gasteiger partial charge in [0.15, 0.2) is 0 Å². The molecule has 15 heavy (non-hydrogen) atoms. The van der Waals surface area contributed by atoms with E-state index in [1.165, 1.54) is 12.1 Å². The minimum Gasteiger partial charge on any atom is -0.256 e. The third-order valence-electron chi connectivity index (χ3n) is 2.51. The SMILES string of the molecule is CC(C)(C)c1cnc2ccc(F)cc2c1. The number of nitrogens with zero attached hydrogens (tertiary/aromatic N) is 1. The van der Waals surface area contributed by atoms with Gasteiger partial charge >= 0.3 is 0 Å². The fraction of sp³-hybridized carbons (Fsp3) is 0.308. The van der Waals surface area contributed by atoms with Gasteiger partial charge in [-0.1, -0.05) is 20.8 Å². The van der Waals surface area contributed by atoms with Crippen LogP contribution in [0.1, 0.15) is 26.3 Å². The van der Waals surface area contributed by atoms with Gasteiger partial charge in [-0.15, -0.1) is 0 Å². The molecule has 0 fully saturated rings. The normalized spacial score (nSPS) is 12.0. The molecule has 0 bridgehead atoms. The topological polar surface area (TPSA) is 12.9 Å². The van der Waals surface area contributed by atoms with Gasteiger partial charge in [0.25, 0.3) is 0 Å². The highest BCUT2D eigenvalue weighted by Gasteiger charge is 2.14. The van der Waals surface area contributed by atoms with E-state index in [0.29, 0.717) is 0 Å². The largest absolute Gasteiger partial charge is 0.256 e. The molecule has 0 aliphatic carbocycles. The molecule has 2 rings (SSSR count). The molecule has 0 saturated heterocycles. The summed E-state index contributed by atoms with van der Waals surface area (Å²) in [4.78, 5) is 4.32. The number of hydrogen-bond donors (Lipinski definition) is 0. The Morgan fingerprint density at radius 1 is 1.13 bits per heavy atom. The lowest BCUT2D eigenvalue weighted by Crippen LogP contribution is -2.11. The predicted molar refractivity (Wildman–Crippen MR) is 60.4 cm³/mol. The molecular weight excluding hydrogens is 189 g/mol. The van der Waals surface area contributed by atoms with Crippen molar-refractivity contribution < 1.29 is 4.39 Å². The van der Waals surface area contributed by atoms with Gasteiger partial charge in [0.05, 0.1) is 5.52 Å². The molecule has 0 saturated carbocycles. The maximum absolute atomic E-state index is 13.0. The van der Waals surface area contributed by atoms with Crippen molar-refractivity contribution in [1.29, 1.82) is 0 Å². The van der Waals surface area contributed by atoms with E-state index >= 15 is 0 Å². The van der Waals surface area contributed by atoms with Crippen molar-refractivity contribution >= 4 is 10.9 Å². The first-order valence-electron chi connectivity index (χ1n) is 5.02. The minimum absolute atomic E-state index is 0.0491. The molecule has 0 aliphatic heterocycles. The Bertz CT molecular complexity index is 497. The van der Waals surface area contributed by atoms with Crippen LogP contribution in [-0.2, 0) is 5.41 Å². The molecule has 0 radical (unpaired) electrons. The molecule has 0 amide bonds. The maximum Gasteiger partial charge on any atom is 0.123 e. The molecule has 0 aliphatic rings. The lowest BCUT2D eigenvalue weighted by Gasteiger charge is -2.18. The third-order valence-corrected chi connectivity index (χ3v) is 2.51. The summed E-state index contributed by atoms with van der Waals surface area (Å²) in [7, 11) is 0. The fourth-order valence-electron chi connectivity index (χ4n) is 1.51. The van der Waals surface area contributed by atoms with Crippen molar-refractivity contribution in [3.8, 4) is 0 Å². The number of aromatic nitrogens is 1. The van der Waals surface area contributed by atoms with Crippen LogP contribution in [0.25, 0.3) is 10.9 Å². The monoisotopic (exact) mass is 203 g/mol. The first-order valence-corrected chi connectivity index (χ1v) is 5.02. The van der Waals surface area contributed by atoms with Crippen molar-refractivity contribution in [2.45, 2.75) is 26.2 Å². The first kappa shape index (κ1) is 10.1. The lowest BCUT2D eigenvalue weighted by atomic mass is 9.88. The zero-order valence-corrected chi connectivity index (χ0v) is 9.21. The first-order chi connectivity index (χ1) is 6.97. The average molecular weight is 203 g/mol. The van der Waals surface area contributed by atoms with Crippen molar-refractivity contribution in [2.75, 3.05) is 0 Å². The fourth-order valence-corrected chi connectivity index (χ4v) is 1.51. The van der Waals surface area contributed by atoms with Crippen LogP contribution in [0.15, 0.2) is 30.5 Å². The number of hydrogen-bond acceptors (Lipinski definition) is 1. The van der Waals surface area contributed by atoms with Crippen LogP contribution in [0.4, 0.5) is 4.39 Å². The quantitative estimate of drug-likeness (QED) is 0.636. The van der Waals surface area contributed by atoms with Crippen LogP contribution in [-0.4, -0.2) is 4.98 Å². The molecule has 1 heterocycles. The molecule has 2 heteroatoms. The summed E-state index contributed by atoms with van der Waals surface area (Å²) in [5.74, 6) is -0.213. The van der Waals surface area contributed by atoms with Gasteiger partial charge in [0.2, 0.25) is 0 Å². The van der Waals surface area contributed by atoms with Crippen molar-refractivity contribution in [3.05, 3.63) is 41.8 Å². The number of rotatable bonds is 0. The second-order valence-electron chi connectivity index (χ2n) is 4.81. The Kier molecular flexibility index (Phi) is 2.22. The molecule has 0 atom stereocenters. The summed E-state index contributed by atoms with van der Waals surface area (Å²) in [5, 5.41) is 0.863. The molecule has 0 spiro atoms. The number of pyridine rings is 1. The van der Waals surface area contributed by atoms with E-state index in [-0.39, 0.29) is 11.2 Å². The standard InChI is InChI=1S/C13H14FN/c1-13(2,3)10-6-9-7-11(14)4-5-12(9)15-8-10/h4-8H,1-3H3. The van der Waals surface area contributed by atoms with Gasteiger partial charge in [-0.25, -0.2) is 4.39 Å². The summed E-state index contributed by atoms with van der Waals surface area (Å²) in [5.41, 5.74) is 2.01. The van der Waals surface area contributed by atoms with Gasteiger partial charge in [-0.3, -0.25) is 4.98 Å². The van der Waals surface area contributed by atoms with E-state index in [1.54, 1.807) is 6.07 Å². The Labute approximate surface area is 89.0 Å². The third kappa shape index (κ3) is 1.99. The highest BCUT2D eigenvalue weighted by molar-refractivity contribution is 5.79. The van der Waals surface area contributed by atoms with Gasteiger partial charge in [0.1, 0.15) is 5.82 Å². The molecule has 78 valence electrons. The summed E-state index contributed by atoms with van der Waals surface area (Å²) in [6, 6.07) is 6.67. The van der Waals surface area contributed by atoms with Crippen LogP contribution in [0.5, 0.6) is 0 Å². The summed E-state index contributed by atoms with van der Waals surface area (Å²) >= 11 is 0. The Morgan fingerprint density at radius 3 is 2.53 bits per heavy atom. The van der Waals surface area contributed by atoms with Crippen molar-refractivity contribution in [3.63, 3.8) is 0 Å². The van der Waals surface area contributed by atoms with Crippen LogP contribution < -0.4 is 0 Å². The van der Waals surface area contributed by atoms with Crippen LogP contribution in [0.2, 0.25) is 0 Å². The van der Waals surface area contributed by atoms with Crippen molar-refractivity contribution in [1.82, 2.24) is 4.98 Å². The second kappa shape index (κ2) is 3.30. The van der Waals surface area contributed by atoms with Gasteiger partial charge in [0, 0.05) is 11.6 Å². The van der Waals surface area contributed by atoms with E-state index in [9.17, 15) is 4.39 Å². The molecule has 1 nitrogen and oxygen atoms in total. The van der Waals surface area contributed by atoms with Crippen LogP contribution in [0.3, 0.4) is 0 Å². The maximum atomic E-state index is 13.0. The highest BCUT2D eigenvalue weighted by atomic mass is 19.1. The van der Waals surface area contributed by atoms with Crippen molar-refractivity contribution in [2.24, 2.45) is 0 Å². The number of halogens is 1. The minimum atomic E-state index is -0.213. The molecule has 0 N–H and O–H groups in total. The lowest BCUT2D eigenvalue weighted by molar-refractivity contribution is 0.588. The molecular formula is C13H14FN. The van der Waals surface area contributed by atoms with E-state index < -0.39 is 0 Å². The highest BCUT2D eigenvalue weighted by Crippen LogP contribution is 2.24. The smallest absolute Gasteiger partial charge is 0.123 e. The second-order valence-corrected chi connectivity index (χ2v) is 4.81. The Morgan fingerprint density at radius 2 is 1.87 bits per heavy atom.